The van der Waals surface area contributed by atoms with Gasteiger partial charge in [0.05, 0.1) is 6.20 Å². The fourth-order valence-electron chi connectivity index (χ4n) is 1.92. The molecular weight excluding hydrogens is 252 g/mol. The molecule has 1 aromatic heterocycles. The van der Waals surface area contributed by atoms with Crippen LogP contribution in [0.4, 0.5) is 11.5 Å². The van der Waals surface area contributed by atoms with Crippen LogP contribution in [0.5, 0.6) is 0 Å². The van der Waals surface area contributed by atoms with Gasteiger partial charge in [0, 0.05) is 6.54 Å². The number of nitrogens with one attached hydrogen (secondary N) is 1. The highest BCUT2D eigenvalue weighted by Gasteiger charge is 2.30. The lowest BCUT2D eigenvalue weighted by atomic mass is 10.1. The van der Waals surface area contributed by atoms with E-state index in [1.54, 1.807) is 6.20 Å². The zero-order valence-electron chi connectivity index (χ0n) is 10.8. The second-order valence-corrected chi connectivity index (χ2v) is 5.26. The van der Waals surface area contributed by atoms with E-state index in [1.807, 2.05) is 11.8 Å². The van der Waals surface area contributed by atoms with Gasteiger partial charge < -0.3 is 10.2 Å². The van der Waals surface area contributed by atoms with Gasteiger partial charge in [0.2, 0.25) is 11.2 Å². The molecule has 0 bridgehead atoms. The highest BCUT2D eigenvalue weighted by atomic mass is 35.5. The minimum Gasteiger partial charge on any atom is -0.343 e. The molecule has 0 unspecified atom stereocenters. The third kappa shape index (κ3) is 2.56. The molecule has 18 heavy (non-hydrogen) atoms. The van der Waals surface area contributed by atoms with Crippen molar-refractivity contribution in [2.75, 3.05) is 16.8 Å². The number of nitrogens with zero attached hydrogens (tertiary/aromatic N) is 3. The van der Waals surface area contributed by atoms with E-state index < -0.39 is 0 Å². The Bertz CT molecular complexity index is 463. The number of amides is 1. The van der Waals surface area contributed by atoms with Gasteiger partial charge in [0.15, 0.2) is 5.82 Å². The van der Waals surface area contributed by atoms with Crippen LogP contribution in [0.2, 0.25) is 5.28 Å². The molecule has 1 aliphatic rings. The summed E-state index contributed by atoms with van der Waals surface area (Å²) in [5.41, 5.74) is 0.631. The maximum absolute atomic E-state index is 11.9. The first-order valence-corrected chi connectivity index (χ1v) is 6.47. The van der Waals surface area contributed by atoms with Crippen LogP contribution >= 0.6 is 11.6 Å². The second kappa shape index (κ2) is 5.10. The molecule has 2 heterocycles. The van der Waals surface area contributed by atoms with Crippen molar-refractivity contribution in [3.05, 3.63) is 11.5 Å². The van der Waals surface area contributed by atoms with Crippen molar-refractivity contribution in [2.24, 2.45) is 5.92 Å². The Morgan fingerprint density at radius 2 is 2.28 bits per heavy atom. The Labute approximate surface area is 112 Å². The van der Waals surface area contributed by atoms with Gasteiger partial charge >= 0.3 is 0 Å². The maximum Gasteiger partial charge on any atom is 0.246 e. The van der Waals surface area contributed by atoms with Crippen LogP contribution in [0.25, 0.3) is 0 Å². The Kier molecular flexibility index (Phi) is 3.71. The number of carbonyl (C=O) groups excluding carboxylic acids is 1. The van der Waals surface area contributed by atoms with Crippen molar-refractivity contribution in [3.63, 3.8) is 0 Å². The Morgan fingerprint density at radius 1 is 1.56 bits per heavy atom. The molecule has 98 valence electrons. The van der Waals surface area contributed by atoms with Crippen molar-refractivity contribution in [1.82, 2.24) is 9.97 Å². The molecule has 0 spiro atoms. The number of hydrogen-bond donors (Lipinski definition) is 1. The standard InChI is InChI=1S/C12H17ClN4O/c1-7(2)4-5-17-8(3)11(18)15-9-6-14-12(13)16-10(9)17/h6-8H,4-5H2,1-3H3,(H,15,18)/t8-/m1/s1. The molecule has 0 saturated carbocycles. The number of aromatic nitrogens is 2. The van der Waals surface area contributed by atoms with Crippen LogP contribution < -0.4 is 10.2 Å². The van der Waals surface area contributed by atoms with Gasteiger partial charge in [-0.1, -0.05) is 13.8 Å². The molecule has 6 heteroatoms. The third-order valence-electron chi connectivity index (χ3n) is 3.06. The largest absolute Gasteiger partial charge is 0.343 e. The summed E-state index contributed by atoms with van der Waals surface area (Å²) in [5.74, 6) is 1.25. The average molecular weight is 269 g/mol. The van der Waals surface area contributed by atoms with Crippen molar-refractivity contribution in [1.29, 1.82) is 0 Å². The summed E-state index contributed by atoms with van der Waals surface area (Å²) in [7, 11) is 0. The molecule has 0 fully saturated rings. The predicted octanol–water partition coefficient (Wildman–Crippen LogP) is 2.32. The first kappa shape index (κ1) is 13.1. The summed E-state index contributed by atoms with van der Waals surface area (Å²) in [6.45, 7) is 6.96. The number of anilines is 2. The van der Waals surface area contributed by atoms with Gasteiger partial charge in [-0.3, -0.25) is 4.79 Å². The summed E-state index contributed by atoms with van der Waals surface area (Å²) in [6.07, 6.45) is 2.55. The van der Waals surface area contributed by atoms with Gasteiger partial charge in [-0.2, -0.15) is 4.98 Å². The fourth-order valence-corrected chi connectivity index (χ4v) is 2.05. The number of halogens is 1. The van der Waals surface area contributed by atoms with Crippen molar-refractivity contribution >= 4 is 29.0 Å². The lowest BCUT2D eigenvalue weighted by molar-refractivity contribution is -0.117. The minimum atomic E-state index is -0.234. The minimum absolute atomic E-state index is 0.0304. The van der Waals surface area contributed by atoms with Gasteiger partial charge in [0.25, 0.3) is 0 Å². The van der Waals surface area contributed by atoms with Crippen molar-refractivity contribution < 1.29 is 4.79 Å². The summed E-state index contributed by atoms with van der Waals surface area (Å²) in [4.78, 5) is 22.0. The number of carbonyl (C=O) groups is 1. The normalized spacial score (nSPS) is 18.8. The third-order valence-corrected chi connectivity index (χ3v) is 3.25. The zero-order chi connectivity index (χ0) is 13.3. The molecule has 0 radical (unpaired) electrons. The number of fused-ring (bicyclic) bond motifs is 1. The SMILES string of the molecule is CC(C)CCN1c2nc(Cl)ncc2NC(=O)[C@H]1C. The zero-order valence-corrected chi connectivity index (χ0v) is 11.5. The van der Waals surface area contributed by atoms with E-state index in [-0.39, 0.29) is 17.2 Å². The topological polar surface area (TPSA) is 58.1 Å². The molecule has 0 aromatic carbocycles. The molecule has 1 amide bonds. The van der Waals surface area contributed by atoms with E-state index in [0.717, 1.165) is 13.0 Å². The summed E-state index contributed by atoms with van der Waals surface area (Å²) in [5, 5.41) is 2.99. The van der Waals surface area contributed by atoms with E-state index in [1.165, 1.54) is 0 Å². The average Bonchev–Trinajstić information content (AvgIpc) is 2.30. The van der Waals surface area contributed by atoms with Crippen LogP contribution in [0.15, 0.2) is 6.20 Å². The van der Waals surface area contributed by atoms with Gasteiger partial charge in [-0.15, -0.1) is 0 Å². The summed E-state index contributed by atoms with van der Waals surface area (Å²) < 4.78 is 0. The van der Waals surface area contributed by atoms with E-state index in [2.05, 4.69) is 29.1 Å². The van der Waals surface area contributed by atoms with Crippen LogP contribution in [0.1, 0.15) is 27.2 Å². The molecule has 1 N–H and O–H groups in total. The lowest BCUT2D eigenvalue weighted by Crippen LogP contribution is -2.47. The molecular formula is C12H17ClN4O. The van der Waals surface area contributed by atoms with E-state index in [9.17, 15) is 4.79 Å². The van der Waals surface area contributed by atoms with Crippen molar-refractivity contribution in [2.45, 2.75) is 33.2 Å². The van der Waals surface area contributed by atoms with Gasteiger partial charge in [-0.25, -0.2) is 4.98 Å². The first-order valence-electron chi connectivity index (χ1n) is 6.09. The predicted molar refractivity (Wildman–Crippen MR) is 71.9 cm³/mol. The molecule has 1 atom stereocenters. The second-order valence-electron chi connectivity index (χ2n) is 4.92. The van der Waals surface area contributed by atoms with E-state index in [0.29, 0.717) is 17.4 Å². The molecule has 5 nitrogen and oxygen atoms in total. The molecule has 0 aliphatic carbocycles. The quantitative estimate of drug-likeness (QED) is 0.855. The summed E-state index contributed by atoms with van der Waals surface area (Å²) >= 11 is 5.83. The molecule has 1 aromatic rings. The van der Waals surface area contributed by atoms with Crippen molar-refractivity contribution in [3.8, 4) is 0 Å². The summed E-state index contributed by atoms with van der Waals surface area (Å²) in [6, 6.07) is -0.234. The monoisotopic (exact) mass is 268 g/mol. The van der Waals surface area contributed by atoms with Crippen LogP contribution in [0.3, 0.4) is 0 Å². The van der Waals surface area contributed by atoms with Crippen LogP contribution in [-0.2, 0) is 4.79 Å². The highest BCUT2D eigenvalue weighted by molar-refractivity contribution is 6.28. The van der Waals surface area contributed by atoms with E-state index in [4.69, 9.17) is 11.6 Å². The number of rotatable bonds is 3. The fraction of sp³-hybridized carbons (Fsp3) is 0.583. The smallest absolute Gasteiger partial charge is 0.246 e. The van der Waals surface area contributed by atoms with Gasteiger partial charge in [-0.05, 0) is 30.9 Å². The molecule has 2 rings (SSSR count). The Balaban J connectivity index is 2.31. The lowest BCUT2D eigenvalue weighted by Gasteiger charge is -2.35. The van der Waals surface area contributed by atoms with Crippen LogP contribution in [0, 0.1) is 5.92 Å². The molecule has 1 aliphatic heterocycles. The Hall–Kier alpha value is -1.36. The number of hydrogen-bond acceptors (Lipinski definition) is 4. The van der Waals surface area contributed by atoms with Gasteiger partial charge in [0.1, 0.15) is 11.7 Å². The highest BCUT2D eigenvalue weighted by Crippen LogP contribution is 2.30. The maximum atomic E-state index is 11.9. The molecule has 0 saturated heterocycles. The Morgan fingerprint density at radius 3 is 2.94 bits per heavy atom. The van der Waals surface area contributed by atoms with E-state index >= 15 is 0 Å². The van der Waals surface area contributed by atoms with Crippen LogP contribution in [-0.4, -0.2) is 28.5 Å². The first-order chi connectivity index (χ1) is 8.49.